The van der Waals surface area contributed by atoms with Crippen LogP contribution in [0.4, 0.5) is 0 Å². The molecule has 98 valence electrons. The fourth-order valence-corrected chi connectivity index (χ4v) is 3.09. The Kier molecular flexibility index (Phi) is 7.49. The second kappa shape index (κ2) is 8.67. The van der Waals surface area contributed by atoms with Crippen LogP contribution in [0.5, 0.6) is 0 Å². The number of hydrazine groups is 1. The Labute approximate surface area is 110 Å². The molecule has 0 spiro atoms. The summed E-state index contributed by atoms with van der Waals surface area (Å²) in [7, 11) is 0. The molecule has 0 amide bonds. The molecule has 0 aliphatic heterocycles. The number of rotatable bonds is 9. The fourth-order valence-electron chi connectivity index (χ4n) is 2.36. The van der Waals surface area contributed by atoms with Gasteiger partial charge in [0.1, 0.15) is 0 Å². The van der Waals surface area contributed by atoms with Gasteiger partial charge in [-0.1, -0.05) is 39.2 Å². The SMILES string of the molecule is CCCCC(CC)C(CCc1cccs1)NN. The molecule has 1 heterocycles. The monoisotopic (exact) mass is 254 g/mol. The molecule has 0 bridgehead atoms. The molecule has 0 aromatic carbocycles. The molecule has 2 unspecified atom stereocenters. The first kappa shape index (κ1) is 14.7. The predicted octanol–water partition coefficient (Wildman–Crippen LogP) is 3.73. The average Bonchev–Trinajstić information content (AvgIpc) is 2.86. The van der Waals surface area contributed by atoms with E-state index in [0.717, 1.165) is 18.8 Å². The van der Waals surface area contributed by atoms with E-state index in [0.29, 0.717) is 6.04 Å². The molecule has 0 aliphatic rings. The molecule has 3 N–H and O–H groups in total. The van der Waals surface area contributed by atoms with Gasteiger partial charge in [0.05, 0.1) is 0 Å². The third-order valence-electron chi connectivity index (χ3n) is 3.52. The number of hydrogen-bond donors (Lipinski definition) is 2. The van der Waals surface area contributed by atoms with Gasteiger partial charge in [-0.25, -0.2) is 0 Å². The number of hydrogen-bond acceptors (Lipinski definition) is 3. The van der Waals surface area contributed by atoms with E-state index in [4.69, 9.17) is 5.84 Å². The Morgan fingerprint density at radius 3 is 2.71 bits per heavy atom. The van der Waals surface area contributed by atoms with Crippen LogP contribution in [0, 0.1) is 5.92 Å². The lowest BCUT2D eigenvalue weighted by molar-refractivity contribution is 0.306. The first-order valence-electron chi connectivity index (χ1n) is 6.80. The van der Waals surface area contributed by atoms with Gasteiger partial charge in [-0.05, 0) is 36.6 Å². The van der Waals surface area contributed by atoms with E-state index in [1.54, 1.807) is 0 Å². The summed E-state index contributed by atoms with van der Waals surface area (Å²) >= 11 is 1.84. The quantitative estimate of drug-likeness (QED) is 0.520. The maximum atomic E-state index is 5.71. The van der Waals surface area contributed by atoms with Gasteiger partial charge in [0.25, 0.3) is 0 Å². The molecule has 0 aliphatic carbocycles. The van der Waals surface area contributed by atoms with E-state index < -0.39 is 0 Å². The zero-order chi connectivity index (χ0) is 12.5. The summed E-state index contributed by atoms with van der Waals surface area (Å²) in [6.45, 7) is 4.53. The van der Waals surface area contributed by atoms with E-state index in [1.165, 1.54) is 30.6 Å². The summed E-state index contributed by atoms with van der Waals surface area (Å²) in [5.41, 5.74) is 3.03. The molecule has 1 rings (SSSR count). The molecule has 0 saturated heterocycles. The number of aryl methyl sites for hydroxylation is 1. The topological polar surface area (TPSA) is 38.0 Å². The van der Waals surface area contributed by atoms with Crippen LogP contribution in [-0.2, 0) is 6.42 Å². The first-order valence-corrected chi connectivity index (χ1v) is 7.68. The van der Waals surface area contributed by atoms with Crippen LogP contribution in [0.3, 0.4) is 0 Å². The Bertz CT molecular complexity index is 272. The van der Waals surface area contributed by atoms with Gasteiger partial charge in [0, 0.05) is 10.9 Å². The highest BCUT2D eigenvalue weighted by Gasteiger charge is 2.18. The Balaban J connectivity index is 2.39. The van der Waals surface area contributed by atoms with Gasteiger partial charge in [0.15, 0.2) is 0 Å². The lowest BCUT2D eigenvalue weighted by atomic mass is 9.89. The van der Waals surface area contributed by atoms with Crippen LogP contribution in [0.2, 0.25) is 0 Å². The molecular weight excluding hydrogens is 228 g/mol. The normalized spacial score (nSPS) is 14.8. The van der Waals surface area contributed by atoms with Gasteiger partial charge in [-0.3, -0.25) is 11.3 Å². The molecule has 0 fully saturated rings. The zero-order valence-electron chi connectivity index (χ0n) is 11.1. The van der Waals surface area contributed by atoms with Crippen LogP contribution >= 0.6 is 11.3 Å². The van der Waals surface area contributed by atoms with Gasteiger partial charge in [-0.15, -0.1) is 11.3 Å². The second-order valence-corrected chi connectivity index (χ2v) is 5.73. The van der Waals surface area contributed by atoms with Crippen molar-refractivity contribution in [2.75, 3.05) is 0 Å². The highest BCUT2D eigenvalue weighted by molar-refractivity contribution is 7.09. The average molecular weight is 254 g/mol. The third kappa shape index (κ3) is 5.19. The minimum Gasteiger partial charge on any atom is -0.271 e. The molecule has 17 heavy (non-hydrogen) atoms. The van der Waals surface area contributed by atoms with Crippen LogP contribution in [0.1, 0.15) is 50.8 Å². The highest BCUT2D eigenvalue weighted by Crippen LogP contribution is 2.21. The second-order valence-electron chi connectivity index (χ2n) is 4.70. The number of thiophene rings is 1. The van der Waals surface area contributed by atoms with Gasteiger partial charge < -0.3 is 0 Å². The first-order chi connectivity index (χ1) is 8.31. The molecular formula is C14H26N2S. The Morgan fingerprint density at radius 1 is 1.35 bits per heavy atom. The molecule has 0 radical (unpaired) electrons. The van der Waals surface area contributed by atoms with E-state index in [9.17, 15) is 0 Å². The zero-order valence-corrected chi connectivity index (χ0v) is 11.9. The van der Waals surface area contributed by atoms with Crippen molar-refractivity contribution in [2.45, 2.75) is 58.4 Å². The van der Waals surface area contributed by atoms with Gasteiger partial charge >= 0.3 is 0 Å². The van der Waals surface area contributed by atoms with Crippen molar-refractivity contribution in [3.05, 3.63) is 22.4 Å². The van der Waals surface area contributed by atoms with Gasteiger partial charge in [-0.2, -0.15) is 0 Å². The Hall–Kier alpha value is -0.380. The minimum absolute atomic E-state index is 0.466. The van der Waals surface area contributed by atoms with Crippen molar-refractivity contribution in [3.63, 3.8) is 0 Å². The molecule has 1 aromatic rings. The Morgan fingerprint density at radius 2 is 2.18 bits per heavy atom. The van der Waals surface area contributed by atoms with Crippen LogP contribution in [0.25, 0.3) is 0 Å². The maximum absolute atomic E-state index is 5.71. The smallest absolute Gasteiger partial charge is 0.0242 e. The maximum Gasteiger partial charge on any atom is 0.0242 e. The molecule has 1 aromatic heterocycles. The molecule has 3 heteroatoms. The van der Waals surface area contributed by atoms with Crippen molar-refractivity contribution in [1.29, 1.82) is 0 Å². The predicted molar refractivity (Wildman–Crippen MR) is 77.1 cm³/mol. The van der Waals surface area contributed by atoms with Crippen molar-refractivity contribution < 1.29 is 0 Å². The van der Waals surface area contributed by atoms with Crippen LogP contribution in [-0.4, -0.2) is 6.04 Å². The summed E-state index contributed by atoms with van der Waals surface area (Å²) < 4.78 is 0. The molecule has 2 nitrogen and oxygen atoms in total. The van der Waals surface area contributed by atoms with E-state index >= 15 is 0 Å². The number of nitrogens with two attached hydrogens (primary N) is 1. The lowest BCUT2D eigenvalue weighted by Gasteiger charge is -2.25. The fraction of sp³-hybridized carbons (Fsp3) is 0.714. The molecule has 0 saturated carbocycles. The van der Waals surface area contributed by atoms with Crippen molar-refractivity contribution >= 4 is 11.3 Å². The van der Waals surface area contributed by atoms with E-state index in [-0.39, 0.29) is 0 Å². The van der Waals surface area contributed by atoms with Crippen LogP contribution in [0.15, 0.2) is 17.5 Å². The van der Waals surface area contributed by atoms with Crippen molar-refractivity contribution in [1.82, 2.24) is 5.43 Å². The standard InChI is InChI=1S/C14H26N2S/c1-3-5-7-12(4-2)14(16-15)10-9-13-8-6-11-17-13/h6,8,11-12,14,16H,3-5,7,9-10,15H2,1-2H3. The summed E-state index contributed by atoms with van der Waals surface area (Å²) in [5.74, 6) is 6.44. The van der Waals surface area contributed by atoms with Crippen molar-refractivity contribution in [2.24, 2.45) is 11.8 Å². The van der Waals surface area contributed by atoms with E-state index in [1.807, 2.05) is 11.3 Å². The summed E-state index contributed by atoms with van der Waals surface area (Å²) in [6, 6.07) is 4.80. The lowest BCUT2D eigenvalue weighted by Crippen LogP contribution is -2.41. The largest absolute Gasteiger partial charge is 0.271 e. The summed E-state index contributed by atoms with van der Waals surface area (Å²) in [4.78, 5) is 1.47. The molecule has 2 atom stereocenters. The van der Waals surface area contributed by atoms with Crippen LogP contribution < -0.4 is 11.3 Å². The number of nitrogens with one attached hydrogen (secondary N) is 1. The van der Waals surface area contributed by atoms with E-state index in [2.05, 4.69) is 36.8 Å². The number of unbranched alkanes of at least 4 members (excludes halogenated alkanes) is 1. The summed E-state index contributed by atoms with van der Waals surface area (Å²) in [6.07, 6.45) is 7.41. The summed E-state index contributed by atoms with van der Waals surface area (Å²) in [5, 5.41) is 2.15. The highest BCUT2D eigenvalue weighted by atomic mass is 32.1. The van der Waals surface area contributed by atoms with Gasteiger partial charge in [0.2, 0.25) is 0 Å². The third-order valence-corrected chi connectivity index (χ3v) is 4.45. The van der Waals surface area contributed by atoms with Crippen molar-refractivity contribution in [3.8, 4) is 0 Å². The minimum atomic E-state index is 0.466.